The van der Waals surface area contributed by atoms with Crippen LogP contribution in [-0.2, 0) is 6.54 Å². The van der Waals surface area contributed by atoms with Crippen LogP contribution in [0.2, 0.25) is 0 Å². The van der Waals surface area contributed by atoms with Crippen molar-refractivity contribution in [1.82, 2.24) is 10.2 Å². The predicted octanol–water partition coefficient (Wildman–Crippen LogP) is 2.62. The number of hydrogen-bond donors (Lipinski definition) is 1. The Morgan fingerprint density at radius 1 is 1.21 bits per heavy atom. The Hall–Kier alpha value is -2.03. The van der Waals surface area contributed by atoms with Crippen molar-refractivity contribution in [2.24, 2.45) is 4.99 Å². The molecular formula is C16H19N3. The van der Waals surface area contributed by atoms with Crippen LogP contribution in [0.1, 0.15) is 12.5 Å². The predicted molar refractivity (Wildman–Crippen MR) is 80.3 cm³/mol. The van der Waals surface area contributed by atoms with Gasteiger partial charge in [-0.05, 0) is 29.3 Å². The lowest BCUT2D eigenvalue weighted by molar-refractivity contribution is 0.521. The number of nitrogens with one attached hydrogen (secondary N) is 1. The normalized spacial score (nSPS) is 21.1. The van der Waals surface area contributed by atoms with E-state index in [9.17, 15) is 0 Å². The van der Waals surface area contributed by atoms with Gasteiger partial charge in [-0.3, -0.25) is 0 Å². The van der Waals surface area contributed by atoms with Gasteiger partial charge < -0.3 is 10.2 Å². The van der Waals surface area contributed by atoms with Crippen molar-refractivity contribution < 1.29 is 0 Å². The highest BCUT2D eigenvalue weighted by Gasteiger charge is 2.19. The molecule has 1 N–H and O–H groups in total. The minimum absolute atomic E-state index is 0.486. The van der Waals surface area contributed by atoms with E-state index in [0.717, 1.165) is 19.0 Å². The first-order valence-electron chi connectivity index (χ1n) is 6.72. The summed E-state index contributed by atoms with van der Waals surface area (Å²) in [5.74, 6) is 1.00. The molecule has 98 valence electrons. The zero-order valence-electron chi connectivity index (χ0n) is 11.4. The number of rotatable bonds is 2. The number of guanidine groups is 1. The third kappa shape index (κ3) is 2.55. The van der Waals surface area contributed by atoms with E-state index in [1.807, 2.05) is 0 Å². The largest absolute Gasteiger partial charge is 0.352 e. The van der Waals surface area contributed by atoms with Crippen LogP contribution in [-0.4, -0.2) is 30.5 Å². The standard InChI is InChI=1S/C16H19N3/c1-12-11-19(2)16(18-12)17-10-13-7-8-14-5-3-4-6-15(14)9-13/h3-9,12H,10-11H2,1-2H3,(H,17,18). The quantitative estimate of drug-likeness (QED) is 0.891. The SMILES string of the molecule is CC1CN(C)C(=NCc2ccc3ccccc3c2)N1. The van der Waals surface area contributed by atoms with Gasteiger partial charge >= 0.3 is 0 Å². The molecule has 1 saturated heterocycles. The van der Waals surface area contributed by atoms with E-state index >= 15 is 0 Å². The van der Waals surface area contributed by atoms with Crippen molar-refractivity contribution in [3.63, 3.8) is 0 Å². The third-order valence-electron chi connectivity index (χ3n) is 3.51. The Morgan fingerprint density at radius 2 is 2.00 bits per heavy atom. The van der Waals surface area contributed by atoms with Crippen LogP contribution in [0.4, 0.5) is 0 Å². The van der Waals surface area contributed by atoms with Gasteiger partial charge in [-0.15, -0.1) is 0 Å². The summed E-state index contributed by atoms with van der Waals surface area (Å²) < 4.78 is 0. The number of fused-ring (bicyclic) bond motifs is 1. The maximum atomic E-state index is 4.66. The summed E-state index contributed by atoms with van der Waals surface area (Å²) in [6.45, 7) is 3.93. The van der Waals surface area contributed by atoms with Gasteiger partial charge in [-0.25, -0.2) is 4.99 Å². The topological polar surface area (TPSA) is 27.6 Å². The van der Waals surface area contributed by atoms with E-state index in [0.29, 0.717) is 6.04 Å². The summed E-state index contributed by atoms with van der Waals surface area (Å²) in [5.41, 5.74) is 1.25. The zero-order chi connectivity index (χ0) is 13.2. The van der Waals surface area contributed by atoms with E-state index in [-0.39, 0.29) is 0 Å². The van der Waals surface area contributed by atoms with Crippen molar-refractivity contribution in [3.8, 4) is 0 Å². The fraction of sp³-hybridized carbons (Fsp3) is 0.312. The Kier molecular flexibility index (Phi) is 3.11. The van der Waals surface area contributed by atoms with Crippen LogP contribution in [0.25, 0.3) is 10.8 Å². The van der Waals surface area contributed by atoms with Gasteiger partial charge in [0.1, 0.15) is 0 Å². The van der Waals surface area contributed by atoms with Crippen LogP contribution < -0.4 is 5.32 Å². The molecule has 2 aromatic carbocycles. The van der Waals surface area contributed by atoms with Gasteiger partial charge in [0, 0.05) is 19.6 Å². The Balaban J connectivity index is 1.80. The second kappa shape index (κ2) is 4.92. The van der Waals surface area contributed by atoms with Gasteiger partial charge in [0.25, 0.3) is 0 Å². The molecule has 1 fully saturated rings. The van der Waals surface area contributed by atoms with Gasteiger partial charge in [-0.2, -0.15) is 0 Å². The van der Waals surface area contributed by atoms with Crippen molar-refractivity contribution in [3.05, 3.63) is 48.0 Å². The summed E-state index contributed by atoms with van der Waals surface area (Å²) in [5, 5.41) is 5.95. The number of benzene rings is 2. The average molecular weight is 253 g/mol. The van der Waals surface area contributed by atoms with Gasteiger partial charge in [0.15, 0.2) is 5.96 Å². The third-order valence-corrected chi connectivity index (χ3v) is 3.51. The lowest BCUT2D eigenvalue weighted by Crippen LogP contribution is -2.27. The molecule has 3 heteroatoms. The number of likely N-dealkylation sites (N-methyl/N-ethyl adjacent to an activating group) is 1. The first-order valence-corrected chi connectivity index (χ1v) is 6.72. The van der Waals surface area contributed by atoms with Crippen molar-refractivity contribution in [1.29, 1.82) is 0 Å². The molecule has 0 spiro atoms. The van der Waals surface area contributed by atoms with Crippen molar-refractivity contribution in [2.45, 2.75) is 19.5 Å². The Labute approximate surface area is 114 Å². The van der Waals surface area contributed by atoms with Gasteiger partial charge in [0.2, 0.25) is 0 Å². The molecule has 1 aliphatic rings. The summed E-state index contributed by atoms with van der Waals surface area (Å²) in [6.07, 6.45) is 0. The number of aliphatic imine (C=N–C) groups is 1. The molecule has 3 rings (SSSR count). The summed E-state index contributed by atoms with van der Waals surface area (Å²) >= 11 is 0. The average Bonchev–Trinajstić information content (AvgIpc) is 2.74. The fourth-order valence-corrected chi connectivity index (χ4v) is 2.54. The van der Waals surface area contributed by atoms with Gasteiger partial charge in [-0.1, -0.05) is 36.4 Å². The molecule has 1 unspecified atom stereocenters. The lowest BCUT2D eigenvalue weighted by atomic mass is 10.1. The highest BCUT2D eigenvalue weighted by Crippen LogP contribution is 2.16. The Bertz CT molecular complexity index is 618. The van der Waals surface area contributed by atoms with Crippen molar-refractivity contribution in [2.75, 3.05) is 13.6 Å². The maximum absolute atomic E-state index is 4.66. The minimum atomic E-state index is 0.486. The Morgan fingerprint density at radius 3 is 2.74 bits per heavy atom. The highest BCUT2D eigenvalue weighted by atomic mass is 15.3. The van der Waals surface area contributed by atoms with Gasteiger partial charge in [0.05, 0.1) is 6.54 Å². The van der Waals surface area contributed by atoms with E-state index in [1.54, 1.807) is 0 Å². The van der Waals surface area contributed by atoms with Crippen LogP contribution in [0, 0.1) is 0 Å². The van der Waals surface area contributed by atoms with Crippen LogP contribution in [0.5, 0.6) is 0 Å². The molecule has 0 aliphatic carbocycles. The lowest BCUT2D eigenvalue weighted by Gasteiger charge is -2.09. The van der Waals surface area contributed by atoms with Crippen LogP contribution in [0.15, 0.2) is 47.5 Å². The molecule has 0 radical (unpaired) electrons. The maximum Gasteiger partial charge on any atom is 0.194 e. The molecule has 19 heavy (non-hydrogen) atoms. The van der Waals surface area contributed by atoms with Crippen LogP contribution in [0.3, 0.4) is 0 Å². The molecular weight excluding hydrogens is 234 g/mol. The first-order chi connectivity index (χ1) is 9.22. The number of nitrogens with zero attached hydrogens (tertiary/aromatic N) is 2. The fourth-order valence-electron chi connectivity index (χ4n) is 2.54. The molecule has 1 heterocycles. The monoisotopic (exact) mass is 253 g/mol. The molecule has 0 bridgehead atoms. The van der Waals surface area contributed by atoms with Crippen LogP contribution >= 0.6 is 0 Å². The summed E-state index contributed by atoms with van der Waals surface area (Å²) in [7, 11) is 2.08. The molecule has 0 saturated carbocycles. The molecule has 2 aromatic rings. The molecule has 0 amide bonds. The minimum Gasteiger partial charge on any atom is -0.352 e. The number of hydrogen-bond acceptors (Lipinski definition) is 1. The smallest absolute Gasteiger partial charge is 0.194 e. The molecule has 1 aliphatic heterocycles. The van der Waals surface area contributed by atoms with Crippen molar-refractivity contribution >= 4 is 16.7 Å². The van der Waals surface area contributed by atoms with E-state index < -0.39 is 0 Å². The van der Waals surface area contributed by atoms with E-state index in [2.05, 4.69) is 71.6 Å². The molecule has 3 nitrogen and oxygen atoms in total. The summed E-state index contributed by atoms with van der Waals surface area (Å²) in [6, 6.07) is 15.5. The molecule has 1 atom stereocenters. The zero-order valence-corrected chi connectivity index (χ0v) is 11.4. The second-order valence-electron chi connectivity index (χ2n) is 5.25. The summed E-state index contributed by atoms with van der Waals surface area (Å²) in [4.78, 5) is 6.84. The van der Waals surface area contributed by atoms with E-state index in [1.165, 1.54) is 16.3 Å². The first kappa shape index (κ1) is 12.0. The second-order valence-corrected chi connectivity index (χ2v) is 5.25. The van der Waals surface area contributed by atoms with E-state index in [4.69, 9.17) is 0 Å². The highest BCUT2D eigenvalue weighted by molar-refractivity contribution is 5.84. The molecule has 0 aromatic heterocycles.